The Morgan fingerprint density at radius 1 is 1.18 bits per heavy atom. The molecular weight excluding hydrogens is 372 g/mol. The van der Waals surface area contributed by atoms with Crippen LogP contribution in [0, 0.1) is 0 Å². The minimum atomic E-state index is -0.244. The highest BCUT2D eigenvalue weighted by Crippen LogP contribution is 2.22. The van der Waals surface area contributed by atoms with Crippen molar-refractivity contribution in [2.45, 2.75) is 31.3 Å². The zero-order chi connectivity index (χ0) is 20.5. The molecule has 1 unspecified atom stereocenters. The predicted molar refractivity (Wildman–Crippen MR) is 116 cm³/mol. The lowest BCUT2D eigenvalue weighted by molar-refractivity contribution is -0.132. The minimum absolute atomic E-state index is 0.0287. The van der Waals surface area contributed by atoms with Crippen molar-refractivity contribution in [3.63, 3.8) is 0 Å². The van der Waals surface area contributed by atoms with Gasteiger partial charge in [0.1, 0.15) is 5.75 Å². The Hall–Kier alpha value is -2.47. The molecular formula is C22H28N2O3S. The second-order valence-electron chi connectivity index (χ2n) is 6.56. The number of carbonyl (C=O) groups excluding carboxylic acids is 2. The van der Waals surface area contributed by atoms with Gasteiger partial charge < -0.3 is 15.0 Å². The van der Waals surface area contributed by atoms with Crippen molar-refractivity contribution in [1.29, 1.82) is 0 Å². The Bertz CT molecular complexity index is 810. The number of nitrogens with one attached hydrogen (secondary N) is 1. The summed E-state index contributed by atoms with van der Waals surface area (Å²) in [4.78, 5) is 26.4. The smallest absolute Gasteiger partial charge is 0.243 e. The van der Waals surface area contributed by atoms with Crippen molar-refractivity contribution >= 4 is 29.3 Å². The van der Waals surface area contributed by atoms with E-state index in [1.807, 2.05) is 62.4 Å². The third kappa shape index (κ3) is 6.30. The largest absolute Gasteiger partial charge is 0.497 e. The number of rotatable bonds is 9. The molecule has 6 heteroatoms. The van der Waals surface area contributed by atoms with Crippen LogP contribution in [0.1, 0.15) is 25.0 Å². The third-order valence-electron chi connectivity index (χ3n) is 4.41. The maximum Gasteiger partial charge on any atom is 0.243 e. The average molecular weight is 401 g/mol. The highest BCUT2D eigenvalue weighted by molar-refractivity contribution is 7.99. The topological polar surface area (TPSA) is 58.6 Å². The Labute approximate surface area is 171 Å². The molecule has 2 rings (SSSR count). The molecule has 2 amide bonds. The molecule has 2 aromatic rings. The first-order valence-electron chi connectivity index (χ1n) is 9.31. The second-order valence-corrected chi connectivity index (χ2v) is 7.89. The number of thioether (sulfide) groups is 1. The summed E-state index contributed by atoms with van der Waals surface area (Å²) in [6.07, 6.45) is 0.836. The van der Waals surface area contributed by atoms with Crippen LogP contribution < -0.4 is 10.1 Å². The van der Waals surface area contributed by atoms with Crippen LogP contribution in [0.4, 0.5) is 5.69 Å². The second kappa shape index (κ2) is 10.8. The van der Waals surface area contributed by atoms with Crippen molar-refractivity contribution < 1.29 is 14.3 Å². The van der Waals surface area contributed by atoms with Gasteiger partial charge in [0.05, 0.1) is 18.9 Å². The molecule has 1 atom stereocenters. The van der Waals surface area contributed by atoms with E-state index in [9.17, 15) is 9.59 Å². The predicted octanol–water partition coefficient (Wildman–Crippen LogP) is 3.98. The van der Waals surface area contributed by atoms with Gasteiger partial charge in [-0.05, 0) is 42.7 Å². The summed E-state index contributed by atoms with van der Waals surface area (Å²) in [6, 6.07) is 15.5. The first-order chi connectivity index (χ1) is 13.4. The molecule has 0 aliphatic rings. The molecule has 0 bridgehead atoms. The minimum Gasteiger partial charge on any atom is -0.497 e. The normalized spacial score (nSPS) is 11.6. The lowest BCUT2D eigenvalue weighted by atomic mass is 10.1. The molecule has 0 aliphatic carbocycles. The molecule has 1 N–H and O–H groups in total. The van der Waals surface area contributed by atoms with E-state index in [0.29, 0.717) is 5.75 Å². The van der Waals surface area contributed by atoms with Crippen molar-refractivity contribution in [1.82, 2.24) is 4.90 Å². The highest BCUT2D eigenvalue weighted by Gasteiger charge is 2.20. The van der Waals surface area contributed by atoms with Gasteiger partial charge >= 0.3 is 0 Å². The van der Waals surface area contributed by atoms with Gasteiger partial charge in [0.15, 0.2) is 0 Å². The molecule has 5 nitrogen and oxygen atoms in total. The molecule has 28 heavy (non-hydrogen) atoms. The summed E-state index contributed by atoms with van der Waals surface area (Å²) >= 11 is 1.54. The quantitative estimate of drug-likeness (QED) is 0.692. The lowest BCUT2D eigenvalue weighted by Gasteiger charge is -2.21. The fraction of sp³-hybridized carbons (Fsp3) is 0.364. The van der Waals surface area contributed by atoms with Gasteiger partial charge in [-0.3, -0.25) is 9.59 Å². The van der Waals surface area contributed by atoms with Crippen molar-refractivity contribution in [3.05, 3.63) is 59.7 Å². The van der Waals surface area contributed by atoms with E-state index in [4.69, 9.17) is 4.74 Å². The number of methoxy groups -OCH3 is 1. The first kappa shape index (κ1) is 21.8. The Balaban J connectivity index is 1.85. The summed E-state index contributed by atoms with van der Waals surface area (Å²) in [5, 5.41) is 2.66. The summed E-state index contributed by atoms with van der Waals surface area (Å²) < 4.78 is 5.23. The third-order valence-corrected chi connectivity index (χ3v) is 5.61. The zero-order valence-electron chi connectivity index (χ0n) is 16.9. The van der Waals surface area contributed by atoms with Crippen LogP contribution in [0.25, 0.3) is 0 Å². The molecule has 150 valence electrons. The number of amides is 2. The van der Waals surface area contributed by atoms with Crippen LogP contribution in [0.5, 0.6) is 5.75 Å². The standard InChI is InChI=1S/C22H28N2O3S/c1-5-18-10-6-7-12-20(18)23-21(25)14-24(3)22(26)16(2)28-15-17-9-8-11-19(13-17)27-4/h6-13,16H,5,14-15H2,1-4H3,(H,23,25). The SMILES string of the molecule is CCc1ccccc1NC(=O)CN(C)C(=O)C(C)SCc1cccc(OC)c1. The lowest BCUT2D eigenvalue weighted by Crippen LogP contribution is -2.39. The fourth-order valence-corrected chi connectivity index (χ4v) is 3.74. The van der Waals surface area contributed by atoms with Gasteiger partial charge in [-0.25, -0.2) is 0 Å². The number of nitrogens with zero attached hydrogens (tertiary/aromatic N) is 1. The molecule has 0 aromatic heterocycles. The number of anilines is 1. The Kier molecular flexibility index (Phi) is 8.39. The number of aryl methyl sites for hydroxylation is 1. The van der Waals surface area contributed by atoms with E-state index in [0.717, 1.165) is 29.0 Å². The number of benzene rings is 2. The van der Waals surface area contributed by atoms with E-state index in [1.54, 1.807) is 25.9 Å². The molecule has 0 spiro atoms. The monoisotopic (exact) mass is 400 g/mol. The van der Waals surface area contributed by atoms with Gasteiger partial charge in [-0.2, -0.15) is 0 Å². The molecule has 2 aromatic carbocycles. The number of ether oxygens (including phenoxy) is 1. The Morgan fingerprint density at radius 2 is 1.93 bits per heavy atom. The maximum atomic E-state index is 12.6. The molecule has 0 fully saturated rings. The molecule has 0 radical (unpaired) electrons. The maximum absolute atomic E-state index is 12.6. The molecule has 0 heterocycles. The highest BCUT2D eigenvalue weighted by atomic mass is 32.2. The number of likely N-dealkylation sites (N-methyl/N-ethyl adjacent to an activating group) is 1. The molecule has 0 aliphatic heterocycles. The zero-order valence-corrected chi connectivity index (χ0v) is 17.7. The van der Waals surface area contributed by atoms with Gasteiger partial charge in [-0.1, -0.05) is 37.3 Å². The van der Waals surface area contributed by atoms with Crippen molar-refractivity contribution in [3.8, 4) is 5.75 Å². The van der Waals surface area contributed by atoms with Crippen LogP contribution >= 0.6 is 11.8 Å². The first-order valence-corrected chi connectivity index (χ1v) is 10.4. The van der Waals surface area contributed by atoms with Crippen molar-refractivity contribution in [2.24, 2.45) is 0 Å². The number of para-hydroxylation sites is 1. The van der Waals surface area contributed by atoms with E-state index in [1.165, 1.54) is 4.90 Å². The van der Waals surface area contributed by atoms with Gasteiger partial charge in [0, 0.05) is 18.5 Å². The summed E-state index contributed by atoms with van der Waals surface area (Å²) in [7, 11) is 3.30. The summed E-state index contributed by atoms with van der Waals surface area (Å²) in [6.45, 7) is 3.94. The van der Waals surface area contributed by atoms with Crippen LogP contribution in [0.15, 0.2) is 48.5 Å². The van der Waals surface area contributed by atoms with Crippen LogP contribution in [-0.2, 0) is 21.8 Å². The number of hydrogen-bond acceptors (Lipinski definition) is 4. The van der Waals surface area contributed by atoms with E-state index >= 15 is 0 Å². The van der Waals surface area contributed by atoms with E-state index in [-0.39, 0.29) is 23.6 Å². The summed E-state index contributed by atoms with van der Waals surface area (Å²) in [5.41, 5.74) is 2.98. The average Bonchev–Trinajstić information content (AvgIpc) is 2.71. The van der Waals surface area contributed by atoms with Crippen LogP contribution in [0.2, 0.25) is 0 Å². The number of hydrogen-bond donors (Lipinski definition) is 1. The van der Waals surface area contributed by atoms with Crippen LogP contribution in [-0.4, -0.2) is 42.7 Å². The Morgan fingerprint density at radius 3 is 2.64 bits per heavy atom. The molecule has 0 saturated carbocycles. The van der Waals surface area contributed by atoms with E-state index < -0.39 is 0 Å². The van der Waals surface area contributed by atoms with Crippen LogP contribution in [0.3, 0.4) is 0 Å². The van der Waals surface area contributed by atoms with Crippen molar-refractivity contribution in [2.75, 3.05) is 26.0 Å². The number of carbonyl (C=O) groups is 2. The van der Waals surface area contributed by atoms with E-state index in [2.05, 4.69) is 5.32 Å². The van der Waals surface area contributed by atoms with Gasteiger partial charge in [0.2, 0.25) is 11.8 Å². The fourth-order valence-electron chi connectivity index (χ4n) is 2.80. The summed E-state index contributed by atoms with van der Waals surface area (Å²) in [5.74, 6) is 1.25. The van der Waals surface area contributed by atoms with Gasteiger partial charge in [-0.15, -0.1) is 11.8 Å². The molecule has 0 saturated heterocycles. The van der Waals surface area contributed by atoms with Gasteiger partial charge in [0.25, 0.3) is 0 Å².